The first-order chi connectivity index (χ1) is 28.8. The molecule has 0 aliphatic heterocycles. The molecule has 0 aliphatic carbocycles. The van der Waals surface area contributed by atoms with Crippen LogP contribution in [0, 0.1) is 0 Å². The van der Waals surface area contributed by atoms with Gasteiger partial charge in [0.25, 0.3) is 0 Å². The van der Waals surface area contributed by atoms with Crippen LogP contribution in [0.25, 0.3) is 86.2 Å². The highest BCUT2D eigenvalue weighted by Gasteiger charge is 2.20. The number of hydrogen-bond acceptors (Lipinski definition) is 2. The summed E-state index contributed by atoms with van der Waals surface area (Å²) in [4.78, 5) is 2.42. The van der Waals surface area contributed by atoms with Crippen LogP contribution in [-0.2, 0) is 0 Å². The Morgan fingerprint density at radius 3 is 1.52 bits per heavy atom. The summed E-state index contributed by atoms with van der Waals surface area (Å²) >= 11 is 1.85. The number of thiophene rings is 1. The number of rotatable bonds is 7. The monoisotopic (exact) mass is 755 g/mol. The van der Waals surface area contributed by atoms with Crippen molar-refractivity contribution in [2.24, 2.45) is 0 Å². The molecule has 0 fully saturated rings. The summed E-state index contributed by atoms with van der Waals surface area (Å²) in [6.07, 6.45) is 0. The van der Waals surface area contributed by atoms with Gasteiger partial charge in [-0.15, -0.1) is 11.3 Å². The molecule has 0 saturated carbocycles. The fourth-order valence-corrected chi connectivity index (χ4v) is 9.88. The van der Waals surface area contributed by atoms with Crippen LogP contribution in [0.1, 0.15) is 0 Å². The third-order valence-corrected chi connectivity index (χ3v) is 12.6. The summed E-state index contributed by atoms with van der Waals surface area (Å²) in [6, 6.07) is 81.9. The standard InChI is InChI=1S/C56H37NS/c1-4-16-39(17-5-1)45-22-12-14-26-52(45)57(44-33-35-54-50(37-44)48-24-13-15-27-53(48)58-54)43-31-28-38(29-32-43)42-30-34-47-46-23-10-11-25-49(46)55(40-18-6-2-7-19-40)56(51(47)36-42)41-20-8-3-9-21-41/h1-37H. The van der Waals surface area contributed by atoms with Crippen molar-refractivity contribution in [3.8, 4) is 44.5 Å². The molecule has 11 aromatic rings. The number of para-hydroxylation sites is 1. The van der Waals surface area contributed by atoms with E-state index in [1.54, 1.807) is 0 Å². The molecule has 11 rings (SSSR count). The first-order valence-corrected chi connectivity index (χ1v) is 20.7. The van der Waals surface area contributed by atoms with E-state index in [0.717, 1.165) is 17.1 Å². The second-order valence-electron chi connectivity index (χ2n) is 14.8. The molecule has 10 aromatic carbocycles. The lowest BCUT2D eigenvalue weighted by Crippen LogP contribution is -2.11. The molecule has 1 aromatic heterocycles. The van der Waals surface area contributed by atoms with E-state index < -0.39 is 0 Å². The third kappa shape index (κ3) is 5.86. The summed E-state index contributed by atoms with van der Waals surface area (Å²) < 4.78 is 2.61. The molecule has 0 amide bonds. The predicted octanol–water partition coefficient (Wildman–Crippen LogP) is 16.5. The van der Waals surface area contributed by atoms with Gasteiger partial charge in [-0.1, -0.05) is 176 Å². The van der Waals surface area contributed by atoms with Gasteiger partial charge in [0.15, 0.2) is 0 Å². The van der Waals surface area contributed by atoms with E-state index in [4.69, 9.17) is 0 Å². The summed E-state index contributed by atoms with van der Waals surface area (Å²) in [5.74, 6) is 0. The topological polar surface area (TPSA) is 3.24 Å². The van der Waals surface area contributed by atoms with Crippen molar-refractivity contribution in [2.45, 2.75) is 0 Å². The van der Waals surface area contributed by atoms with Crippen LogP contribution in [0.5, 0.6) is 0 Å². The van der Waals surface area contributed by atoms with Crippen LogP contribution in [0.4, 0.5) is 17.1 Å². The largest absolute Gasteiger partial charge is 0.310 e. The maximum atomic E-state index is 2.42. The van der Waals surface area contributed by atoms with Gasteiger partial charge in [-0.3, -0.25) is 0 Å². The smallest absolute Gasteiger partial charge is 0.0540 e. The predicted molar refractivity (Wildman–Crippen MR) is 251 cm³/mol. The lowest BCUT2D eigenvalue weighted by Gasteiger charge is -2.28. The van der Waals surface area contributed by atoms with Gasteiger partial charge in [0.1, 0.15) is 0 Å². The highest BCUT2D eigenvalue weighted by Crippen LogP contribution is 2.47. The fraction of sp³-hybridized carbons (Fsp3) is 0. The third-order valence-electron chi connectivity index (χ3n) is 11.5. The van der Waals surface area contributed by atoms with Crippen molar-refractivity contribution >= 4 is 70.1 Å². The van der Waals surface area contributed by atoms with Gasteiger partial charge in [0, 0.05) is 37.1 Å². The van der Waals surface area contributed by atoms with E-state index in [1.807, 2.05) is 11.3 Å². The molecular formula is C56H37NS. The molecule has 0 unspecified atom stereocenters. The normalized spacial score (nSPS) is 11.4. The van der Waals surface area contributed by atoms with Gasteiger partial charge in [-0.2, -0.15) is 0 Å². The highest BCUT2D eigenvalue weighted by atomic mass is 32.1. The Morgan fingerprint density at radius 1 is 0.276 bits per heavy atom. The summed E-state index contributed by atoms with van der Waals surface area (Å²) in [5, 5.41) is 7.62. The minimum Gasteiger partial charge on any atom is -0.310 e. The first-order valence-electron chi connectivity index (χ1n) is 19.8. The average Bonchev–Trinajstić information content (AvgIpc) is 3.68. The molecule has 0 saturated heterocycles. The van der Waals surface area contributed by atoms with E-state index >= 15 is 0 Å². The van der Waals surface area contributed by atoms with E-state index in [2.05, 4.69) is 229 Å². The quantitative estimate of drug-likeness (QED) is 0.146. The zero-order valence-electron chi connectivity index (χ0n) is 31.7. The van der Waals surface area contributed by atoms with E-state index in [1.165, 1.54) is 86.2 Å². The van der Waals surface area contributed by atoms with Crippen LogP contribution in [0.2, 0.25) is 0 Å². The van der Waals surface area contributed by atoms with Crippen LogP contribution in [0.15, 0.2) is 224 Å². The fourth-order valence-electron chi connectivity index (χ4n) is 8.79. The molecular weight excluding hydrogens is 719 g/mol. The van der Waals surface area contributed by atoms with E-state index in [9.17, 15) is 0 Å². The molecule has 0 spiro atoms. The molecule has 0 atom stereocenters. The molecule has 0 aliphatic rings. The second-order valence-corrected chi connectivity index (χ2v) is 15.9. The molecule has 272 valence electrons. The number of fused-ring (bicyclic) bond motifs is 6. The Balaban J connectivity index is 1.09. The van der Waals surface area contributed by atoms with Crippen molar-refractivity contribution < 1.29 is 0 Å². The molecule has 58 heavy (non-hydrogen) atoms. The number of benzene rings is 10. The Morgan fingerprint density at radius 2 is 0.793 bits per heavy atom. The van der Waals surface area contributed by atoms with Crippen molar-refractivity contribution in [1.82, 2.24) is 0 Å². The van der Waals surface area contributed by atoms with Gasteiger partial charge in [0.2, 0.25) is 0 Å². The van der Waals surface area contributed by atoms with Crippen LogP contribution in [-0.4, -0.2) is 0 Å². The summed E-state index contributed by atoms with van der Waals surface area (Å²) in [7, 11) is 0. The van der Waals surface area contributed by atoms with Crippen LogP contribution in [0.3, 0.4) is 0 Å². The van der Waals surface area contributed by atoms with Crippen LogP contribution >= 0.6 is 11.3 Å². The molecule has 0 radical (unpaired) electrons. The lowest BCUT2D eigenvalue weighted by molar-refractivity contribution is 1.29. The Hall–Kier alpha value is -7.26. The zero-order chi connectivity index (χ0) is 38.4. The Bertz CT molecular complexity index is 3260. The average molecular weight is 756 g/mol. The molecule has 0 bridgehead atoms. The maximum Gasteiger partial charge on any atom is 0.0540 e. The van der Waals surface area contributed by atoms with Crippen molar-refractivity contribution in [2.75, 3.05) is 4.90 Å². The van der Waals surface area contributed by atoms with Gasteiger partial charge >= 0.3 is 0 Å². The highest BCUT2D eigenvalue weighted by molar-refractivity contribution is 7.25. The minimum atomic E-state index is 1.11. The molecule has 0 N–H and O–H groups in total. The summed E-state index contributed by atoms with van der Waals surface area (Å²) in [6.45, 7) is 0. The Kier molecular flexibility index (Phi) is 8.42. The van der Waals surface area contributed by atoms with Crippen molar-refractivity contribution in [3.05, 3.63) is 224 Å². The zero-order valence-corrected chi connectivity index (χ0v) is 32.5. The lowest BCUT2D eigenvalue weighted by atomic mass is 9.84. The molecule has 2 heteroatoms. The minimum absolute atomic E-state index is 1.11. The van der Waals surface area contributed by atoms with Gasteiger partial charge in [-0.25, -0.2) is 0 Å². The van der Waals surface area contributed by atoms with E-state index in [-0.39, 0.29) is 0 Å². The second kappa shape index (κ2) is 14.4. The van der Waals surface area contributed by atoms with Gasteiger partial charge < -0.3 is 4.90 Å². The van der Waals surface area contributed by atoms with E-state index in [0.29, 0.717) is 0 Å². The van der Waals surface area contributed by atoms with Gasteiger partial charge in [0.05, 0.1) is 5.69 Å². The van der Waals surface area contributed by atoms with Crippen molar-refractivity contribution in [1.29, 1.82) is 0 Å². The van der Waals surface area contributed by atoms with Crippen molar-refractivity contribution in [3.63, 3.8) is 0 Å². The maximum absolute atomic E-state index is 2.42. The molecule has 1 nitrogen and oxygen atoms in total. The number of hydrogen-bond donors (Lipinski definition) is 0. The van der Waals surface area contributed by atoms with Crippen LogP contribution < -0.4 is 4.90 Å². The van der Waals surface area contributed by atoms with Gasteiger partial charge in [-0.05, 0) is 109 Å². The summed E-state index contributed by atoms with van der Waals surface area (Å²) in [5.41, 5.74) is 13.1. The molecule has 1 heterocycles. The Labute approximate surface area is 342 Å². The first kappa shape index (κ1) is 34.0. The SMILES string of the molecule is c1ccc(-c2ccccc2N(c2ccc(-c3ccc4c(c3)c(-c3ccccc3)c(-c3ccccc3)c3ccccc34)cc2)c2ccc3sc4ccccc4c3c2)cc1. The number of anilines is 3. The number of nitrogens with zero attached hydrogens (tertiary/aromatic N) is 1.